The average Bonchev–Trinajstić information content (AvgIpc) is 2.92. The predicted molar refractivity (Wildman–Crippen MR) is 144 cm³/mol. The van der Waals surface area contributed by atoms with Crippen LogP contribution in [0.4, 0.5) is 4.39 Å². The van der Waals surface area contributed by atoms with Gasteiger partial charge in [-0.15, -0.1) is 0 Å². The Morgan fingerprint density at radius 2 is 1.32 bits per heavy atom. The van der Waals surface area contributed by atoms with E-state index in [4.69, 9.17) is 19.7 Å². The molecule has 0 heterocycles. The molecule has 0 atom stereocenters. The molecule has 0 radical (unpaired) electrons. The molecule has 0 amide bonds. The highest BCUT2D eigenvalue weighted by Gasteiger charge is 2.16. The molecule has 0 unspecified atom stereocenters. The van der Waals surface area contributed by atoms with Crippen LogP contribution in [-0.4, -0.2) is 35.4 Å². The molecule has 0 spiro atoms. The monoisotopic (exact) mass is 518 g/mol. The van der Waals surface area contributed by atoms with Crippen molar-refractivity contribution in [3.63, 3.8) is 0 Å². The van der Waals surface area contributed by atoms with Crippen LogP contribution in [-0.2, 0) is 16.0 Å². The van der Waals surface area contributed by atoms with Crippen molar-refractivity contribution in [3.05, 3.63) is 96.3 Å². The maximum Gasteiger partial charge on any atom is 0.341 e. The first-order chi connectivity index (χ1) is 18.2. The molecule has 0 saturated carbocycles. The molecule has 0 bridgehead atoms. The third kappa shape index (κ3) is 7.47. The van der Waals surface area contributed by atoms with Gasteiger partial charge in [0, 0.05) is 11.6 Å². The molecule has 0 saturated heterocycles. The molecule has 0 fully saturated rings. The van der Waals surface area contributed by atoms with Crippen LogP contribution in [0.25, 0.3) is 22.3 Å². The van der Waals surface area contributed by atoms with Gasteiger partial charge in [0.1, 0.15) is 17.3 Å². The second-order valence-corrected chi connectivity index (χ2v) is 8.84. The Bertz CT molecular complexity index is 1280. The fourth-order valence-electron chi connectivity index (χ4n) is 3.70. The highest BCUT2D eigenvalue weighted by Crippen LogP contribution is 2.34. The number of rotatable bonds is 12. The summed E-state index contributed by atoms with van der Waals surface area (Å²) >= 11 is 0. The Labute approximate surface area is 221 Å². The van der Waals surface area contributed by atoms with Crippen molar-refractivity contribution in [2.24, 2.45) is 0 Å². The minimum atomic E-state index is -0.893. The summed E-state index contributed by atoms with van der Waals surface area (Å²) in [7, 11) is 0. The number of aliphatic hydroxyl groups excluding tert-OH is 2. The molecule has 0 aliphatic carbocycles. The van der Waals surface area contributed by atoms with Gasteiger partial charge in [0.2, 0.25) is 0 Å². The highest BCUT2D eigenvalue weighted by atomic mass is 19.1. The molecule has 6 nitrogen and oxygen atoms in total. The van der Waals surface area contributed by atoms with Crippen molar-refractivity contribution in [1.82, 2.24) is 0 Å². The first kappa shape index (κ1) is 28.5. The zero-order valence-electron chi connectivity index (χ0n) is 21.3. The molecule has 0 aliphatic rings. The van der Waals surface area contributed by atoms with Crippen LogP contribution < -0.4 is 9.47 Å². The van der Waals surface area contributed by atoms with Gasteiger partial charge in [0.15, 0.2) is 0 Å². The van der Waals surface area contributed by atoms with E-state index in [0.29, 0.717) is 5.56 Å². The number of carbonyl (C=O) groups excluding carboxylic acids is 2. The van der Waals surface area contributed by atoms with Gasteiger partial charge in [-0.1, -0.05) is 69.3 Å². The quantitative estimate of drug-likeness (QED) is 0.136. The van der Waals surface area contributed by atoms with Gasteiger partial charge in [-0.25, -0.2) is 14.0 Å². The fourth-order valence-corrected chi connectivity index (χ4v) is 3.70. The van der Waals surface area contributed by atoms with Gasteiger partial charge >= 0.3 is 11.9 Å². The smallest absolute Gasteiger partial charge is 0.341 e. The normalized spacial score (nSPS) is 10.6. The minimum absolute atomic E-state index is 0.0540. The summed E-state index contributed by atoms with van der Waals surface area (Å²) in [5, 5.41) is 18.3. The van der Waals surface area contributed by atoms with Crippen LogP contribution in [0.15, 0.2) is 85.0 Å². The maximum atomic E-state index is 15.4. The first-order valence-electron chi connectivity index (χ1n) is 12.3. The zero-order valence-corrected chi connectivity index (χ0v) is 21.3. The number of hydrogen-bond donors (Lipinski definition) is 2. The second-order valence-electron chi connectivity index (χ2n) is 8.84. The van der Waals surface area contributed by atoms with Crippen LogP contribution in [0.3, 0.4) is 0 Å². The van der Waals surface area contributed by atoms with Gasteiger partial charge < -0.3 is 19.7 Å². The number of esters is 2. The van der Waals surface area contributed by atoms with Gasteiger partial charge in [-0.2, -0.15) is 0 Å². The number of aliphatic hydroxyl groups is 2. The van der Waals surface area contributed by atoms with Crippen LogP contribution in [0.1, 0.15) is 31.7 Å². The SMILES string of the molecule is C=C(CO)C(=O)Oc1cc(OC(=O)C(=C)CO)cc(-c2ccc(-c3ccc(CCCCC)cc3)cc2F)c1. The van der Waals surface area contributed by atoms with E-state index < -0.39 is 31.0 Å². The molecular weight excluding hydrogens is 487 g/mol. The third-order valence-electron chi connectivity index (χ3n) is 5.90. The summed E-state index contributed by atoms with van der Waals surface area (Å²) in [6, 6.07) is 16.9. The number of carbonyl (C=O) groups is 2. The van der Waals surface area contributed by atoms with E-state index in [9.17, 15) is 9.59 Å². The van der Waals surface area contributed by atoms with Crippen molar-refractivity contribution in [2.45, 2.75) is 32.6 Å². The largest absolute Gasteiger partial charge is 0.423 e. The van der Waals surface area contributed by atoms with Gasteiger partial charge in [0.05, 0.1) is 24.4 Å². The van der Waals surface area contributed by atoms with Crippen molar-refractivity contribution >= 4 is 11.9 Å². The van der Waals surface area contributed by atoms with Crippen molar-refractivity contribution in [1.29, 1.82) is 0 Å². The highest BCUT2D eigenvalue weighted by molar-refractivity contribution is 5.91. The van der Waals surface area contributed by atoms with Crippen LogP contribution in [0.5, 0.6) is 11.5 Å². The Hall–Kier alpha value is -4.07. The summed E-state index contributed by atoms with van der Waals surface area (Å²) in [6.45, 7) is 7.80. The van der Waals surface area contributed by atoms with E-state index in [2.05, 4.69) is 32.2 Å². The van der Waals surface area contributed by atoms with Crippen LogP contribution in [0, 0.1) is 5.82 Å². The molecule has 2 N–H and O–H groups in total. The number of halogens is 1. The van der Waals surface area contributed by atoms with Crippen molar-refractivity contribution < 1.29 is 33.7 Å². The predicted octanol–water partition coefficient (Wildman–Crippen LogP) is 5.80. The number of aryl methyl sites for hydroxylation is 1. The lowest BCUT2D eigenvalue weighted by molar-refractivity contribution is -0.131. The standard InChI is InChI=1S/C31H31FO6/c1-4-5-6-7-22-8-10-23(11-9-22)24-12-13-28(29(32)16-24)25-14-26(37-30(35)20(2)18-33)17-27(15-25)38-31(36)21(3)19-34/h8-17,33-34H,2-7,18-19H2,1H3. The molecule has 7 heteroatoms. The minimum Gasteiger partial charge on any atom is -0.423 e. The van der Waals surface area contributed by atoms with Gasteiger partial charge in [-0.05, 0) is 53.3 Å². The lowest BCUT2D eigenvalue weighted by Gasteiger charge is -2.13. The van der Waals surface area contributed by atoms with E-state index >= 15 is 4.39 Å². The molecule has 38 heavy (non-hydrogen) atoms. The zero-order chi connectivity index (χ0) is 27.7. The second kappa shape index (κ2) is 13.5. The Balaban J connectivity index is 1.92. The lowest BCUT2D eigenvalue weighted by Crippen LogP contribution is -2.14. The molecule has 3 aromatic rings. The Kier molecular flexibility index (Phi) is 10.1. The third-order valence-corrected chi connectivity index (χ3v) is 5.90. The Morgan fingerprint density at radius 1 is 0.763 bits per heavy atom. The average molecular weight is 519 g/mol. The molecule has 0 aromatic heterocycles. The topological polar surface area (TPSA) is 93.1 Å². The lowest BCUT2D eigenvalue weighted by atomic mass is 9.98. The summed E-state index contributed by atoms with van der Waals surface area (Å²) in [5.74, 6) is -2.43. The van der Waals surface area contributed by atoms with Crippen molar-refractivity contribution in [3.8, 4) is 33.8 Å². The number of benzene rings is 3. The van der Waals surface area contributed by atoms with E-state index in [-0.39, 0.29) is 33.8 Å². The van der Waals surface area contributed by atoms with Gasteiger partial charge in [-0.3, -0.25) is 0 Å². The molecule has 0 aliphatic heterocycles. The number of unbranched alkanes of at least 4 members (excludes halogenated alkanes) is 2. The fraction of sp³-hybridized carbons (Fsp3) is 0.226. The molecular formula is C31H31FO6. The van der Waals surface area contributed by atoms with E-state index in [0.717, 1.165) is 24.8 Å². The molecule has 198 valence electrons. The van der Waals surface area contributed by atoms with Crippen LogP contribution >= 0.6 is 0 Å². The first-order valence-corrected chi connectivity index (χ1v) is 12.3. The van der Waals surface area contributed by atoms with Crippen molar-refractivity contribution in [2.75, 3.05) is 13.2 Å². The number of hydrogen-bond acceptors (Lipinski definition) is 6. The Morgan fingerprint density at radius 3 is 1.82 bits per heavy atom. The summed E-state index contributed by atoms with van der Waals surface area (Å²) in [4.78, 5) is 24.3. The number of ether oxygens (including phenoxy) is 2. The van der Waals surface area contributed by atoms with E-state index in [1.165, 1.54) is 36.2 Å². The maximum absolute atomic E-state index is 15.4. The van der Waals surface area contributed by atoms with Gasteiger partial charge in [0.25, 0.3) is 0 Å². The van der Waals surface area contributed by atoms with Crippen LogP contribution in [0.2, 0.25) is 0 Å². The summed E-state index contributed by atoms with van der Waals surface area (Å²) in [6.07, 6.45) is 4.48. The molecule has 3 aromatic carbocycles. The summed E-state index contributed by atoms with van der Waals surface area (Å²) in [5.41, 5.74) is 2.89. The van der Waals surface area contributed by atoms with E-state index in [1.807, 2.05) is 12.1 Å². The molecule has 3 rings (SSSR count). The van der Waals surface area contributed by atoms with E-state index in [1.54, 1.807) is 12.1 Å². The summed E-state index contributed by atoms with van der Waals surface area (Å²) < 4.78 is 25.8.